The Bertz CT molecular complexity index is 1020. The highest BCUT2D eigenvalue weighted by Crippen LogP contribution is 2.30. The van der Waals surface area contributed by atoms with Crippen molar-refractivity contribution in [3.05, 3.63) is 84.2 Å². The lowest BCUT2D eigenvalue weighted by Gasteiger charge is -2.16. The Labute approximate surface area is 168 Å². The zero-order valence-electron chi connectivity index (χ0n) is 16.1. The average molecular weight is 392 g/mol. The van der Waals surface area contributed by atoms with Crippen LogP contribution in [0.4, 0.5) is 10.1 Å². The summed E-state index contributed by atoms with van der Waals surface area (Å²) in [6.45, 7) is 1.54. The Morgan fingerprint density at radius 2 is 1.66 bits per heavy atom. The van der Waals surface area contributed by atoms with E-state index < -0.39 is 23.7 Å². The number of carbonyl (C=O) groups is 2. The first-order valence-electron chi connectivity index (χ1n) is 9.09. The van der Waals surface area contributed by atoms with Crippen molar-refractivity contribution in [2.24, 2.45) is 0 Å². The molecular formula is C23H21FN2O3. The summed E-state index contributed by atoms with van der Waals surface area (Å²) in [6.07, 6.45) is 0. The summed E-state index contributed by atoms with van der Waals surface area (Å²) in [5.74, 6) is -0.832. The van der Waals surface area contributed by atoms with Gasteiger partial charge >= 0.3 is 0 Å². The van der Waals surface area contributed by atoms with Crippen LogP contribution in [0.3, 0.4) is 0 Å². The fourth-order valence-corrected chi connectivity index (χ4v) is 2.84. The van der Waals surface area contributed by atoms with Crippen LogP contribution in [0.25, 0.3) is 11.1 Å². The fourth-order valence-electron chi connectivity index (χ4n) is 2.84. The molecule has 3 rings (SSSR count). The molecule has 1 atom stereocenters. The molecule has 0 saturated heterocycles. The van der Waals surface area contributed by atoms with E-state index >= 15 is 0 Å². The number of benzene rings is 3. The van der Waals surface area contributed by atoms with Crippen molar-refractivity contribution in [3.63, 3.8) is 0 Å². The van der Waals surface area contributed by atoms with E-state index in [1.807, 2.05) is 30.3 Å². The summed E-state index contributed by atoms with van der Waals surface area (Å²) in [7, 11) is 1.57. The van der Waals surface area contributed by atoms with E-state index in [1.165, 1.54) is 25.1 Å². The summed E-state index contributed by atoms with van der Waals surface area (Å²) in [5, 5.41) is 5.11. The van der Waals surface area contributed by atoms with Crippen molar-refractivity contribution in [1.82, 2.24) is 5.32 Å². The van der Waals surface area contributed by atoms with Gasteiger partial charge in [0.15, 0.2) is 0 Å². The number of anilines is 1. The number of hydrogen-bond donors (Lipinski definition) is 2. The molecule has 1 unspecified atom stereocenters. The SMILES string of the molecule is COc1ccc(C(=O)NC(C)C(=O)Nc2ccccc2F)cc1-c1ccccc1. The quantitative estimate of drug-likeness (QED) is 0.659. The predicted octanol–water partition coefficient (Wildman–Crippen LogP) is 4.26. The van der Waals surface area contributed by atoms with Crippen LogP contribution in [0, 0.1) is 5.82 Å². The van der Waals surface area contributed by atoms with E-state index in [-0.39, 0.29) is 5.69 Å². The third kappa shape index (κ3) is 4.79. The number of para-hydroxylation sites is 1. The molecule has 0 radical (unpaired) electrons. The molecule has 0 aromatic heterocycles. The van der Waals surface area contributed by atoms with Gasteiger partial charge in [-0.1, -0.05) is 42.5 Å². The summed E-state index contributed by atoms with van der Waals surface area (Å²) in [4.78, 5) is 25.0. The van der Waals surface area contributed by atoms with Crippen molar-refractivity contribution in [2.75, 3.05) is 12.4 Å². The van der Waals surface area contributed by atoms with Crippen LogP contribution in [0.5, 0.6) is 5.75 Å². The second-order valence-corrected chi connectivity index (χ2v) is 6.45. The van der Waals surface area contributed by atoms with Gasteiger partial charge in [0.1, 0.15) is 17.6 Å². The molecule has 0 spiro atoms. The van der Waals surface area contributed by atoms with Crippen molar-refractivity contribution in [3.8, 4) is 16.9 Å². The Balaban J connectivity index is 1.75. The molecule has 0 aliphatic carbocycles. The minimum atomic E-state index is -0.857. The lowest BCUT2D eigenvalue weighted by Crippen LogP contribution is -2.41. The van der Waals surface area contributed by atoms with Gasteiger partial charge in [-0.05, 0) is 42.8 Å². The van der Waals surface area contributed by atoms with Crippen LogP contribution in [-0.4, -0.2) is 25.0 Å². The van der Waals surface area contributed by atoms with Crippen molar-refractivity contribution in [2.45, 2.75) is 13.0 Å². The second kappa shape index (κ2) is 9.01. The molecule has 6 heteroatoms. The number of hydrogen-bond acceptors (Lipinski definition) is 3. The smallest absolute Gasteiger partial charge is 0.251 e. The van der Waals surface area contributed by atoms with Crippen molar-refractivity contribution >= 4 is 17.5 Å². The topological polar surface area (TPSA) is 67.4 Å². The van der Waals surface area contributed by atoms with E-state index in [4.69, 9.17) is 4.74 Å². The molecule has 29 heavy (non-hydrogen) atoms. The third-order valence-electron chi connectivity index (χ3n) is 4.42. The molecule has 148 valence electrons. The molecule has 3 aromatic rings. The number of amides is 2. The molecule has 0 aliphatic rings. The van der Waals surface area contributed by atoms with Crippen LogP contribution in [0.15, 0.2) is 72.8 Å². The number of halogens is 1. The van der Waals surface area contributed by atoms with Gasteiger partial charge in [-0.3, -0.25) is 9.59 Å². The molecule has 0 heterocycles. The normalized spacial score (nSPS) is 11.4. The summed E-state index contributed by atoms with van der Waals surface area (Å²) < 4.78 is 19.1. The fraction of sp³-hybridized carbons (Fsp3) is 0.130. The highest BCUT2D eigenvalue weighted by atomic mass is 19.1. The van der Waals surface area contributed by atoms with Gasteiger partial charge in [-0.2, -0.15) is 0 Å². The minimum absolute atomic E-state index is 0.0643. The summed E-state index contributed by atoms with van der Waals surface area (Å²) in [6, 6.07) is 19.6. The summed E-state index contributed by atoms with van der Waals surface area (Å²) >= 11 is 0. The van der Waals surface area contributed by atoms with Gasteiger partial charge in [0.05, 0.1) is 12.8 Å². The molecule has 0 bridgehead atoms. The van der Waals surface area contributed by atoms with Crippen molar-refractivity contribution < 1.29 is 18.7 Å². The Hall–Kier alpha value is -3.67. The predicted molar refractivity (Wildman–Crippen MR) is 110 cm³/mol. The number of carbonyl (C=O) groups excluding carboxylic acids is 2. The molecule has 2 N–H and O–H groups in total. The number of rotatable bonds is 6. The Kier molecular flexibility index (Phi) is 6.24. The molecule has 0 aliphatic heterocycles. The first-order chi connectivity index (χ1) is 14.0. The van der Waals surface area contributed by atoms with Crippen LogP contribution < -0.4 is 15.4 Å². The first-order valence-corrected chi connectivity index (χ1v) is 9.09. The summed E-state index contributed by atoms with van der Waals surface area (Å²) in [5.41, 5.74) is 2.12. The van der Waals surface area contributed by atoms with Crippen LogP contribution in [0.1, 0.15) is 17.3 Å². The maximum Gasteiger partial charge on any atom is 0.251 e. The molecule has 0 saturated carbocycles. The Morgan fingerprint density at radius 3 is 2.34 bits per heavy atom. The molecular weight excluding hydrogens is 371 g/mol. The third-order valence-corrected chi connectivity index (χ3v) is 4.42. The van der Waals surface area contributed by atoms with E-state index in [0.717, 1.165) is 11.1 Å². The molecule has 2 amide bonds. The lowest BCUT2D eigenvalue weighted by molar-refractivity contribution is -0.117. The van der Waals surface area contributed by atoms with Crippen LogP contribution in [-0.2, 0) is 4.79 Å². The van der Waals surface area contributed by atoms with Gasteiger partial charge in [0.25, 0.3) is 5.91 Å². The van der Waals surface area contributed by atoms with E-state index in [1.54, 1.807) is 31.4 Å². The number of methoxy groups -OCH3 is 1. The van der Waals surface area contributed by atoms with Gasteiger partial charge in [-0.25, -0.2) is 4.39 Å². The van der Waals surface area contributed by atoms with E-state index in [2.05, 4.69) is 10.6 Å². The average Bonchev–Trinajstić information content (AvgIpc) is 2.75. The van der Waals surface area contributed by atoms with Gasteiger partial charge in [0, 0.05) is 11.1 Å². The van der Waals surface area contributed by atoms with Crippen LogP contribution >= 0.6 is 0 Å². The zero-order valence-corrected chi connectivity index (χ0v) is 16.1. The molecule has 0 fully saturated rings. The number of ether oxygens (including phenoxy) is 1. The number of nitrogens with one attached hydrogen (secondary N) is 2. The highest BCUT2D eigenvalue weighted by molar-refractivity contribution is 6.01. The second-order valence-electron chi connectivity index (χ2n) is 6.45. The largest absolute Gasteiger partial charge is 0.496 e. The Morgan fingerprint density at radius 1 is 0.966 bits per heavy atom. The van der Waals surface area contributed by atoms with Gasteiger partial charge in [-0.15, -0.1) is 0 Å². The van der Waals surface area contributed by atoms with Gasteiger partial charge < -0.3 is 15.4 Å². The monoisotopic (exact) mass is 392 g/mol. The van der Waals surface area contributed by atoms with E-state index in [9.17, 15) is 14.0 Å². The maximum absolute atomic E-state index is 13.7. The van der Waals surface area contributed by atoms with Crippen LogP contribution in [0.2, 0.25) is 0 Å². The zero-order chi connectivity index (χ0) is 20.8. The lowest BCUT2D eigenvalue weighted by atomic mass is 10.0. The molecule has 5 nitrogen and oxygen atoms in total. The van der Waals surface area contributed by atoms with Gasteiger partial charge in [0.2, 0.25) is 5.91 Å². The maximum atomic E-state index is 13.7. The van der Waals surface area contributed by atoms with E-state index in [0.29, 0.717) is 11.3 Å². The minimum Gasteiger partial charge on any atom is -0.496 e. The first kappa shape index (κ1) is 20.1. The standard InChI is InChI=1S/C23H21FN2O3/c1-15(22(27)26-20-11-7-6-10-19(20)24)25-23(28)17-12-13-21(29-2)18(14-17)16-8-4-3-5-9-16/h3-15H,1-2H3,(H,25,28)(H,26,27). The van der Waals surface area contributed by atoms with Crippen molar-refractivity contribution in [1.29, 1.82) is 0 Å². The highest BCUT2D eigenvalue weighted by Gasteiger charge is 2.19. The molecule has 3 aromatic carbocycles.